The molecule has 116 valence electrons. The molecule has 0 aliphatic rings. The Morgan fingerprint density at radius 2 is 2.13 bits per heavy atom. The van der Waals surface area contributed by atoms with E-state index in [9.17, 15) is 4.79 Å². The molecule has 0 fully saturated rings. The Labute approximate surface area is 141 Å². The molecule has 0 saturated heterocycles. The summed E-state index contributed by atoms with van der Waals surface area (Å²) in [4.78, 5) is 16.1. The fraction of sp³-hybridized carbons (Fsp3) is 0.125. The molecule has 1 aromatic heterocycles. The van der Waals surface area contributed by atoms with E-state index in [4.69, 9.17) is 16.3 Å². The molecule has 0 aliphatic carbocycles. The lowest BCUT2D eigenvalue weighted by Gasteiger charge is -2.01. The SMILES string of the molecule is COC(=O)c1ccccc1N=NCc1nc2cc(Cl)ccc2s1. The number of rotatable bonds is 4. The lowest BCUT2D eigenvalue weighted by atomic mass is 10.2. The van der Waals surface area contributed by atoms with Crippen molar-refractivity contribution in [2.75, 3.05) is 7.11 Å². The molecule has 3 aromatic rings. The first kappa shape index (κ1) is 15.6. The summed E-state index contributed by atoms with van der Waals surface area (Å²) in [5.74, 6) is -0.436. The Morgan fingerprint density at radius 3 is 2.96 bits per heavy atom. The first-order valence-corrected chi connectivity index (χ1v) is 7.96. The third-order valence-corrected chi connectivity index (χ3v) is 4.34. The molecular weight excluding hydrogens is 334 g/mol. The molecule has 0 saturated carbocycles. The highest BCUT2D eigenvalue weighted by Gasteiger charge is 2.10. The molecule has 0 bridgehead atoms. The molecule has 0 aliphatic heterocycles. The van der Waals surface area contributed by atoms with E-state index in [-0.39, 0.29) is 0 Å². The van der Waals surface area contributed by atoms with E-state index in [0.717, 1.165) is 15.2 Å². The Kier molecular flexibility index (Phi) is 4.64. The Hall–Kier alpha value is -2.31. The maximum absolute atomic E-state index is 11.7. The lowest BCUT2D eigenvalue weighted by molar-refractivity contribution is 0.0601. The van der Waals surface area contributed by atoms with Gasteiger partial charge in [0.25, 0.3) is 0 Å². The number of benzene rings is 2. The molecular formula is C16H12ClN3O2S. The van der Waals surface area contributed by atoms with Gasteiger partial charge in [-0.2, -0.15) is 10.2 Å². The molecule has 0 N–H and O–H groups in total. The summed E-state index contributed by atoms with van der Waals surface area (Å²) in [6.07, 6.45) is 0. The molecule has 0 amide bonds. The molecule has 1 heterocycles. The first-order chi connectivity index (χ1) is 11.2. The number of nitrogens with zero attached hydrogens (tertiary/aromatic N) is 3. The van der Waals surface area contributed by atoms with Crippen LogP contribution < -0.4 is 0 Å². The molecule has 7 heteroatoms. The summed E-state index contributed by atoms with van der Waals surface area (Å²) in [6, 6.07) is 12.5. The standard InChI is InChI=1S/C16H12ClN3O2S/c1-22-16(21)11-4-2-3-5-12(11)20-18-9-15-19-13-8-10(17)6-7-14(13)23-15/h2-8H,9H2,1H3. The van der Waals surface area contributed by atoms with Crippen LogP contribution in [0.5, 0.6) is 0 Å². The number of hydrogen-bond donors (Lipinski definition) is 0. The fourth-order valence-electron chi connectivity index (χ4n) is 2.03. The van der Waals surface area contributed by atoms with Gasteiger partial charge in [0.1, 0.15) is 11.6 Å². The van der Waals surface area contributed by atoms with Gasteiger partial charge < -0.3 is 4.74 Å². The van der Waals surface area contributed by atoms with Gasteiger partial charge in [0.15, 0.2) is 0 Å². The lowest BCUT2D eigenvalue weighted by Crippen LogP contribution is -2.00. The zero-order valence-electron chi connectivity index (χ0n) is 12.2. The van der Waals surface area contributed by atoms with E-state index < -0.39 is 5.97 Å². The summed E-state index contributed by atoms with van der Waals surface area (Å²) in [5.41, 5.74) is 1.71. The van der Waals surface area contributed by atoms with Crippen LogP contribution in [-0.4, -0.2) is 18.1 Å². The summed E-state index contributed by atoms with van der Waals surface area (Å²) in [7, 11) is 1.34. The number of carbonyl (C=O) groups is 1. The highest BCUT2D eigenvalue weighted by molar-refractivity contribution is 7.18. The van der Waals surface area contributed by atoms with E-state index in [1.807, 2.05) is 18.2 Å². The van der Waals surface area contributed by atoms with Crippen LogP contribution in [0.4, 0.5) is 5.69 Å². The van der Waals surface area contributed by atoms with E-state index in [2.05, 4.69) is 15.2 Å². The predicted molar refractivity (Wildman–Crippen MR) is 90.6 cm³/mol. The van der Waals surface area contributed by atoms with Crippen LogP contribution >= 0.6 is 22.9 Å². The predicted octanol–water partition coefficient (Wildman–Crippen LogP) is 5.02. The second kappa shape index (κ2) is 6.85. The van der Waals surface area contributed by atoms with Crippen molar-refractivity contribution in [3.8, 4) is 0 Å². The maximum atomic E-state index is 11.7. The van der Waals surface area contributed by atoms with Crippen molar-refractivity contribution in [2.45, 2.75) is 6.54 Å². The fourth-order valence-corrected chi connectivity index (χ4v) is 3.06. The van der Waals surface area contributed by atoms with Crippen LogP contribution in [-0.2, 0) is 11.3 Å². The van der Waals surface area contributed by atoms with Crippen molar-refractivity contribution >= 4 is 44.8 Å². The number of hydrogen-bond acceptors (Lipinski definition) is 6. The number of azo groups is 1. The summed E-state index contributed by atoms with van der Waals surface area (Å²) >= 11 is 7.49. The second-order valence-corrected chi connectivity index (χ2v) is 6.18. The van der Waals surface area contributed by atoms with Gasteiger partial charge in [-0.1, -0.05) is 23.7 Å². The molecule has 0 radical (unpaired) electrons. The number of carbonyl (C=O) groups excluding carboxylic acids is 1. The topological polar surface area (TPSA) is 63.9 Å². The molecule has 3 rings (SSSR count). The van der Waals surface area contributed by atoms with Gasteiger partial charge in [-0.05, 0) is 30.3 Å². The number of halogens is 1. The zero-order chi connectivity index (χ0) is 16.2. The minimum absolute atomic E-state index is 0.340. The van der Waals surface area contributed by atoms with Gasteiger partial charge in [0.05, 0.1) is 28.6 Å². The molecule has 0 atom stereocenters. The minimum Gasteiger partial charge on any atom is -0.465 e. The van der Waals surface area contributed by atoms with Crippen molar-refractivity contribution in [1.82, 2.24) is 4.98 Å². The van der Waals surface area contributed by atoms with E-state index in [1.54, 1.807) is 35.6 Å². The zero-order valence-corrected chi connectivity index (χ0v) is 13.8. The Morgan fingerprint density at radius 1 is 1.30 bits per heavy atom. The van der Waals surface area contributed by atoms with E-state index in [1.165, 1.54) is 7.11 Å². The second-order valence-electron chi connectivity index (χ2n) is 4.63. The molecule has 0 unspecified atom stereocenters. The number of aromatic nitrogens is 1. The molecule has 2 aromatic carbocycles. The minimum atomic E-state index is -0.436. The Bertz CT molecular complexity index is 892. The summed E-state index contributed by atoms with van der Waals surface area (Å²) in [6.45, 7) is 0.340. The van der Waals surface area contributed by atoms with Crippen LogP contribution in [0, 0.1) is 0 Å². The monoisotopic (exact) mass is 345 g/mol. The molecule has 5 nitrogen and oxygen atoms in total. The first-order valence-electron chi connectivity index (χ1n) is 6.77. The smallest absolute Gasteiger partial charge is 0.340 e. The number of esters is 1. The average molecular weight is 346 g/mol. The van der Waals surface area contributed by atoms with Crippen LogP contribution in [0.2, 0.25) is 5.02 Å². The van der Waals surface area contributed by atoms with Gasteiger partial charge in [-0.3, -0.25) is 0 Å². The van der Waals surface area contributed by atoms with Crippen LogP contribution in [0.25, 0.3) is 10.2 Å². The van der Waals surface area contributed by atoms with Crippen molar-refractivity contribution in [1.29, 1.82) is 0 Å². The van der Waals surface area contributed by atoms with Gasteiger partial charge in [-0.15, -0.1) is 11.3 Å². The summed E-state index contributed by atoms with van der Waals surface area (Å²) < 4.78 is 5.78. The molecule has 0 spiro atoms. The summed E-state index contributed by atoms with van der Waals surface area (Å²) in [5, 5.41) is 9.75. The van der Waals surface area contributed by atoms with Crippen LogP contribution in [0.15, 0.2) is 52.7 Å². The van der Waals surface area contributed by atoms with Crippen molar-refractivity contribution in [3.05, 3.63) is 58.1 Å². The normalized spacial score (nSPS) is 11.2. The van der Waals surface area contributed by atoms with Crippen LogP contribution in [0.1, 0.15) is 15.4 Å². The number of methoxy groups -OCH3 is 1. The highest BCUT2D eigenvalue weighted by atomic mass is 35.5. The van der Waals surface area contributed by atoms with Gasteiger partial charge in [0.2, 0.25) is 0 Å². The van der Waals surface area contributed by atoms with Gasteiger partial charge >= 0.3 is 5.97 Å². The van der Waals surface area contributed by atoms with Crippen molar-refractivity contribution in [2.24, 2.45) is 10.2 Å². The van der Waals surface area contributed by atoms with E-state index >= 15 is 0 Å². The average Bonchev–Trinajstić information content (AvgIpc) is 2.96. The van der Waals surface area contributed by atoms with E-state index in [0.29, 0.717) is 22.8 Å². The molecule has 23 heavy (non-hydrogen) atoms. The van der Waals surface area contributed by atoms with Crippen molar-refractivity contribution in [3.63, 3.8) is 0 Å². The maximum Gasteiger partial charge on any atom is 0.340 e. The number of fused-ring (bicyclic) bond motifs is 1. The number of thiazole rings is 1. The quantitative estimate of drug-likeness (QED) is 0.492. The number of ether oxygens (including phenoxy) is 1. The van der Waals surface area contributed by atoms with Crippen molar-refractivity contribution < 1.29 is 9.53 Å². The third-order valence-electron chi connectivity index (χ3n) is 3.09. The van der Waals surface area contributed by atoms with Gasteiger partial charge in [0, 0.05) is 5.02 Å². The van der Waals surface area contributed by atoms with Gasteiger partial charge in [-0.25, -0.2) is 9.78 Å². The largest absolute Gasteiger partial charge is 0.465 e. The highest BCUT2D eigenvalue weighted by Crippen LogP contribution is 2.26. The third kappa shape index (κ3) is 3.55. The van der Waals surface area contributed by atoms with Crippen LogP contribution in [0.3, 0.4) is 0 Å². The Balaban J connectivity index is 1.79.